The molecule has 0 spiro atoms. The molecule has 0 aliphatic carbocycles. The fourth-order valence-electron chi connectivity index (χ4n) is 5.11. The Hall–Kier alpha value is -3.95. The van der Waals surface area contributed by atoms with Crippen molar-refractivity contribution >= 4 is 17.8 Å². The molecule has 0 unspecified atom stereocenters. The highest BCUT2D eigenvalue weighted by atomic mass is 16.6. The number of carbonyl (C=O) groups excluding carboxylic acids is 3. The Labute approximate surface area is 209 Å². The zero-order valence-electron chi connectivity index (χ0n) is 20.5. The summed E-state index contributed by atoms with van der Waals surface area (Å²) in [4.78, 5) is 42.4. The quantitative estimate of drug-likeness (QED) is 0.614. The van der Waals surface area contributed by atoms with E-state index in [0.717, 1.165) is 23.3 Å². The van der Waals surface area contributed by atoms with Gasteiger partial charge in [-0.15, -0.1) is 0 Å². The Balaban J connectivity index is 1.36. The molecule has 3 aliphatic rings. The van der Waals surface area contributed by atoms with Gasteiger partial charge in [0.15, 0.2) is 11.5 Å². The average Bonchev–Trinajstić information content (AvgIpc) is 3.47. The molecule has 1 N–H and O–H groups in total. The molecule has 10 heteroatoms. The molecule has 0 aromatic heterocycles. The maximum atomic E-state index is 13.5. The molecule has 3 heterocycles. The third-order valence-electron chi connectivity index (χ3n) is 7.06. The van der Waals surface area contributed by atoms with E-state index in [1.54, 1.807) is 50.3 Å². The van der Waals surface area contributed by atoms with Crippen LogP contribution in [0, 0.1) is 0 Å². The molecule has 2 aromatic carbocycles. The maximum absolute atomic E-state index is 13.5. The molecule has 10 nitrogen and oxygen atoms in total. The highest BCUT2D eigenvalue weighted by Crippen LogP contribution is 2.40. The van der Waals surface area contributed by atoms with Gasteiger partial charge in [-0.3, -0.25) is 14.5 Å². The van der Waals surface area contributed by atoms with Crippen LogP contribution in [-0.4, -0.2) is 68.2 Å². The largest absolute Gasteiger partial charge is 0.497 e. The summed E-state index contributed by atoms with van der Waals surface area (Å²) in [6.07, 6.45) is 1.54. The standard InChI is InChI=1S/C26H29N3O7/c1-26(16-6-8-21-22(13-16)36-12-11-35-21)24(31)29(25(32)27-26)15-23(30)28-10-4-5-19(28)18-14-17(33-2)7-9-20(18)34-3/h6-9,13-14,19H,4-5,10-12,15H2,1-3H3,(H,27,32)/t19-,26-/m1/s1. The van der Waals surface area contributed by atoms with Gasteiger partial charge in [0.25, 0.3) is 5.91 Å². The summed E-state index contributed by atoms with van der Waals surface area (Å²) < 4.78 is 22.1. The van der Waals surface area contributed by atoms with E-state index in [4.69, 9.17) is 18.9 Å². The van der Waals surface area contributed by atoms with E-state index < -0.39 is 17.5 Å². The van der Waals surface area contributed by atoms with Crippen molar-refractivity contribution in [1.29, 1.82) is 0 Å². The lowest BCUT2D eigenvalue weighted by molar-refractivity contribution is -0.139. The number of likely N-dealkylation sites (tertiary alicyclic amines) is 1. The van der Waals surface area contributed by atoms with E-state index in [-0.39, 0.29) is 18.5 Å². The van der Waals surface area contributed by atoms with Crippen LogP contribution < -0.4 is 24.3 Å². The Morgan fingerprint density at radius 1 is 1.08 bits per heavy atom. The first-order valence-electron chi connectivity index (χ1n) is 11.9. The summed E-state index contributed by atoms with van der Waals surface area (Å²) in [5.41, 5.74) is 0.0643. The van der Waals surface area contributed by atoms with E-state index in [0.29, 0.717) is 48.3 Å². The van der Waals surface area contributed by atoms with Crippen molar-refractivity contribution < 1.29 is 33.3 Å². The van der Waals surface area contributed by atoms with Crippen LogP contribution in [0.15, 0.2) is 36.4 Å². The van der Waals surface area contributed by atoms with Crippen LogP contribution in [0.25, 0.3) is 0 Å². The van der Waals surface area contributed by atoms with Crippen molar-refractivity contribution in [2.45, 2.75) is 31.3 Å². The molecular weight excluding hydrogens is 466 g/mol. The normalized spacial score (nSPS) is 23.0. The molecule has 0 saturated carbocycles. The fraction of sp³-hybridized carbons (Fsp3) is 0.423. The van der Waals surface area contributed by atoms with Crippen LogP contribution in [0.5, 0.6) is 23.0 Å². The number of hydrogen-bond donors (Lipinski definition) is 1. The number of urea groups is 1. The monoisotopic (exact) mass is 495 g/mol. The Morgan fingerprint density at radius 3 is 2.61 bits per heavy atom. The third-order valence-corrected chi connectivity index (χ3v) is 7.06. The van der Waals surface area contributed by atoms with E-state index >= 15 is 0 Å². The summed E-state index contributed by atoms with van der Waals surface area (Å²) in [6.45, 7) is 2.65. The number of rotatable bonds is 6. The molecule has 0 radical (unpaired) electrons. The predicted octanol–water partition coefficient (Wildman–Crippen LogP) is 2.61. The lowest BCUT2D eigenvalue weighted by Crippen LogP contribution is -2.44. The van der Waals surface area contributed by atoms with Gasteiger partial charge in [-0.1, -0.05) is 6.07 Å². The van der Waals surface area contributed by atoms with Crippen LogP contribution in [0.1, 0.15) is 36.9 Å². The minimum absolute atomic E-state index is 0.243. The van der Waals surface area contributed by atoms with Crippen LogP contribution in [0.2, 0.25) is 0 Å². The summed E-state index contributed by atoms with van der Waals surface area (Å²) in [7, 11) is 3.16. The van der Waals surface area contributed by atoms with Crippen molar-refractivity contribution in [3.63, 3.8) is 0 Å². The van der Waals surface area contributed by atoms with Crippen LogP contribution >= 0.6 is 0 Å². The zero-order chi connectivity index (χ0) is 25.4. The number of benzene rings is 2. The molecule has 2 saturated heterocycles. The van der Waals surface area contributed by atoms with E-state index in [9.17, 15) is 14.4 Å². The molecule has 2 aromatic rings. The Morgan fingerprint density at radius 2 is 1.86 bits per heavy atom. The first-order chi connectivity index (χ1) is 17.4. The van der Waals surface area contributed by atoms with Crippen LogP contribution in [0.3, 0.4) is 0 Å². The summed E-state index contributed by atoms with van der Waals surface area (Å²) in [5, 5.41) is 2.76. The molecule has 4 amide bonds. The second-order valence-corrected chi connectivity index (χ2v) is 9.16. The summed E-state index contributed by atoms with van der Waals surface area (Å²) in [6, 6.07) is 9.76. The number of methoxy groups -OCH3 is 2. The molecule has 2 atom stereocenters. The van der Waals surface area contributed by atoms with Crippen LogP contribution in [0.4, 0.5) is 4.79 Å². The summed E-state index contributed by atoms with van der Waals surface area (Å²) in [5.74, 6) is 1.62. The number of nitrogens with zero attached hydrogens (tertiary/aromatic N) is 2. The smallest absolute Gasteiger partial charge is 0.325 e. The highest BCUT2D eigenvalue weighted by Gasteiger charge is 2.50. The minimum Gasteiger partial charge on any atom is -0.497 e. The van der Waals surface area contributed by atoms with Gasteiger partial charge in [-0.25, -0.2) is 4.79 Å². The highest BCUT2D eigenvalue weighted by molar-refractivity contribution is 6.09. The lowest BCUT2D eigenvalue weighted by atomic mass is 9.91. The van der Waals surface area contributed by atoms with Gasteiger partial charge in [0, 0.05) is 12.1 Å². The number of nitrogens with one attached hydrogen (secondary N) is 1. The molecule has 2 fully saturated rings. The number of carbonyl (C=O) groups is 3. The topological polar surface area (TPSA) is 107 Å². The molecule has 3 aliphatic heterocycles. The van der Waals surface area contributed by atoms with Crippen molar-refractivity contribution in [1.82, 2.24) is 15.1 Å². The Kier molecular flexibility index (Phi) is 6.11. The van der Waals surface area contributed by atoms with Gasteiger partial charge in [-0.2, -0.15) is 0 Å². The first-order valence-corrected chi connectivity index (χ1v) is 11.9. The van der Waals surface area contributed by atoms with Gasteiger partial charge in [0.1, 0.15) is 36.8 Å². The molecule has 0 bridgehead atoms. The van der Waals surface area contributed by atoms with Crippen molar-refractivity contribution in [2.75, 3.05) is 40.5 Å². The second-order valence-electron chi connectivity index (χ2n) is 9.16. The summed E-state index contributed by atoms with van der Waals surface area (Å²) >= 11 is 0. The number of fused-ring (bicyclic) bond motifs is 1. The van der Waals surface area contributed by atoms with E-state index in [2.05, 4.69) is 5.32 Å². The second kappa shape index (κ2) is 9.25. The molecule has 190 valence electrons. The van der Waals surface area contributed by atoms with E-state index in [1.807, 2.05) is 12.1 Å². The van der Waals surface area contributed by atoms with Gasteiger partial charge >= 0.3 is 6.03 Å². The number of imide groups is 1. The van der Waals surface area contributed by atoms with Gasteiger partial charge in [-0.05, 0) is 55.7 Å². The predicted molar refractivity (Wildman–Crippen MR) is 128 cm³/mol. The van der Waals surface area contributed by atoms with E-state index in [1.165, 1.54) is 0 Å². The maximum Gasteiger partial charge on any atom is 0.325 e. The van der Waals surface area contributed by atoms with Crippen molar-refractivity contribution in [3.8, 4) is 23.0 Å². The fourth-order valence-corrected chi connectivity index (χ4v) is 5.11. The average molecular weight is 496 g/mol. The van der Waals surface area contributed by atoms with Crippen LogP contribution in [-0.2, 0) is 15.1 Å². The molecule has 36 heavy (non-hydrogen) atoms. The third kappa shape index (κ3) is 3.96. The van der Waals surface area contributed by atoms with Gasteiger partial charge < -0.3 is 29.2 Å². The minimum atomic E-state index is -1.33. The van der Waals surface area contributed by atoms with Gasteiger partial charge in [0.2, 0.25) is 5.91 Å². The zero-order valence-corrected chi connectivity index (χ0v) is 20.5. The van der Waals surface area contributed by atoms with Crippen molar-refractivity contribution in [3.05, 3.63) is 47.5 Å². The molecule has 5 rings (SSSR count). The van der Waals surface area contributed by atoms with Gasteiger partial charge in [0.05, 0.1) is 20.3 Å². The number of amides is 4. The SMILES string of the molecule is COc1ccc(OC)c([C@H]2CCCN2C(=O)CN2C(=O)N[C@](C)(c3ccc4c(c3)OCCO4)C2=O)c1. The first kappa shape index (κ1) is 23.8. The molecular formula is C26H29N3O7. The van der Waals surface area contributed by atoms with Crippen molar-refractivity contribution in [2.24, 2.45) is 0 Å². The number of hydrogen-bond acceptors (Lipinski definition) is 7. The number of ether oxygens (including phenoxy) is 4. The Bertz CT molecular complexity index is 1220. The lowest BCUT2D eigenvalue weighted by Gasteiger charge is -2.28.